The Hall–Kier alpha value is -1.42. The molecule has 3 nitrogen and oxygen atoms in total. The van der Waals surface area contributed by atoms with Crippen molar-refractivity contribution in [1.29, 1.82) is 0 Å². The molecule has 0 spiro atoms. The van der Waals surface area contributed by atoms with Gasteiger partial charge in [-0.25, -0.2) is 4.39 Å². The number of carbonyl (C=O) groups is 1. The van der Waals surface area contributed by atoms with Gasteiger partial charge in [0.1, 0.15) is 5.82 Å². The Morgan fingerprint density at radius 2 is 2.25 bits per heavy atom. The van der Waals surface area contributed by atoms with E-state index < -0.39 is 0 Å². The zero-order valence-electron chi connectivity index (χ0n) is 12.2. The Labute approximate surface area is 119 Å². The van der Waals surface area contributed by atoms with Gasteiger partial charge in [-0.3, -0.25) is 4.79 Å². The average molecular weight is 278 g/mol. The van der Waals surface area contributed by atoms with Crippen molar-refractivity contribution in [2.24, 2.45) is 17.6 Å². The van der Waals surface area contributed by atoms with E-state index >= 15 is 0 Å². The van der Waals surface area contributed by atoms with Gasteiger partial charge < -0.3 is 11.1 Å². The first-order valence-corrected chi connectivity index (χ1v) is 7.21. The smallest absolute Gasteiger partial charge is 0.223 e. The first kappa shape index (κ1) is 15.0. The van der Waals surface area contributed by atoms with Crippen molar-refractivity contribution in [3.63, 3.8) is 0 Å². The molecule has 0 saturated heterocycles. The monoisotopic (exact) mass is 278 g/mol. The third-order valence-electron chi connectivity index (χ3n) is 4.19. The van der Waals surface area contributed by atoms with Crippen LogP contribution in [0.1, 0.15) is 32.3 Å². The summed E-state index contributed by atoms with van der Waals surface area (Å²) in [5.74, 6) is 0.0354. The largest absolute Gasteiger partial charge is 0.349 e. The highest BCUT2D eigenvalue weighted by molar-refractivity contribution is 5.79. The van der Waals surface area contributed by atoms with Crippen LogP contribution in [0, 0.1) is 17.7 Å². The number of nitrogens with two attached hydrogens (primary N) is 1. The van der Waals surface area contributed by atoms with Crippen LogP contribution in [0.25, 0.3) is 0 Å². The van der Waals surface area contributed by atoms with Crippen molar-refractivity contribution < 1.29 is 9.18 Å². The number of hydrogen-bond donors (Lipinski definition) is 2. The number of nitrogens with one attached hydrogen (secondary N) is 1. The van der Waals surface area contributed by atoms with Gasteiger partial charge in [-0.2, -0.15) is 0 Å². The SMILES string of the molecule is CC(Cc1cccc(F)c1)C(=O)NC(C)(CN)C1CC1. The van der Waals surface area contributed by atoms with Crippen LogP contribution < -0.4 is 11.1 Å². The number of hydrogen-bond acceptors (Lipinski definition) is 2. The molecule has 0 radical (unpaired) electrons. The average Bonchev–Trinajstić information content (AvgIpc) is 3.23. The fourth-order valence-electron chi connectivity index (χ4n) is 2.56. The molecule has 2 unspecified atom stereocenters. The van der Waals surface area contributed by atoms with E-state index in [-0.39, 0.29) is 23.2 Å². The molecule has 0 aliphatic heterocycles. The van der Waals surface area contributed by atoms with Crippen LogP contribution in [0.4, 0.5) is 4.39 Å². The lowest BCUT2D eigenvalue weighted by Crippen LogP contribution is -2.54. The zero-order valence-corrected chi connectivity index (χ0v) is 12.2. The summed E-state index contributed by atoms with van der Waals surface area (Å²) < 4.78 is 13.1. The molecule has 2 rings (SSSR count). The highest BCUT2D eigenvalue weighted by Crippen LogP contribution is 2.39. The predicted molar refractivity (Wildman–Crippen MR) is 77.6 cm³/mol. The molecular weight excluding hydrogens is 255 g/mol. The van der Waals surface area contributed by atoms with E-state index in [2.05, 4.69) is 5.32 Å². The van der Waals surface area contributed by atoms with E-state index in [1.807, 2.05) is 19.9 Å². The van der Waals surface area contributed by atoms with Crippen LogP contribution in [-0.2, 0) is 11.2 Å². The van der Waals surface area contributed by atoms with Gasteiger partial charge in [-0.05, 0) is 49.8 Å². The minimum atomic E-state index is -0.298. The molecule has 3 N–H and O–H groups in total. The molecule has 1 saturated carbocycles. The molecule has 0 aromatic heterocycles. The molecule has 20 heavy (non-hydrogen) atoms. The molecule has 1 aromatic carbocycles. The van der Waals surface area contributed by atoms with Crippen LogP contribution in [0.3, 0.4) is 0 Å². The highest BCUT2D eigenvalue weighted by atomic mass is 19.1. The Morgan fingerprint density at radius 1 is 1.55 bits per heavy atom. The molecule has 1 aromatic rings. The van der Waals surface area contributed by atoms with Crippen molar-refractivity contribution in [3.8, 4) is 0 Å². The van der Waals surface area contributed by atoms with Gasteiger partial charge in [0, 0.05) is 12.5 Å². The van der Waals surface area contributed by atoms with Crippen molar-refractivity contribution >= 4 is 5.91 Å². The van der Waals surface area contributed by atoms with E-state index in [4.69, 9.17) is 5.73 Å². The third kappa shape index (κ3) is 3.57. The Morgan fingerprint density at radius 3 is 2.80 bits per heavy atom. The number of carbonyl (C=O) groups excluding carboxylic acids is 1. The predicted octanol–water partition coefficient (Wildman–Crippen LogP) is 2.25. The summed E-state index contributed by atoms with van der Waals surface area (Å²) in [7, 11) is 0. The molecule has 1 fully saturated rings. The maximum Gasteiger partial charge on any atom is 0.223 e. The van der Waals surface area contributed by atoms with Crippen molar-refractivity contribution in [1.82, 2.24) is 5.32 Å². The van der Waals surface area contributed by atoms with Crippen molar-refractivity contribution in [2.45, 2.75) is 38.6 Å². The summed E-state index contributed by atoms with van der Waals surface area (Å²) in [6, 6.07) is 6.40. The first-order chi connectivity index (χ1) is 9.44. The molecule has 0 bridgehead atoms. The maximum atomic E-state index is 13.1. The lowest BCUT2D eigenvalue weighted by Gasteiger charge is -2.31. The van der Waals surface area contributed by atoms with Crippen LogP contribution in [-0.4, -0.2) is 18.0 Å². The zero-order chi connectivity index (χ0) is 14.8. The third-order valence-corrected chi connectivity index (χ3v) is 4.19. The summed E-state index contributed by atoms with van der Waals surface area (Å²) >= 11 is 0. The number of amides is 1. The van der Waals surface area contributed by atoms with E-state index in [1.54, 1.807) is 6.07 Å². The van der Waals surface area contributed by atoms with Crippen LogP contribution in [0.5, 0.6) is 0 Å². The van der Waals surface area contributed by atoms with Crippen LogP contribution >= 0.6 is 0 Å². The van der Waals surface area contributed by atoms with E-state index in [1.165, 1.54) is 12.1 Å². The van der Waals surface area contributed by atoms with Crippen molar-refractivity contribution in [3.05, 3.63) is 35.6 Å². The van der Waals surface area contributed by atoms with Gasteiger partial charge in [0.2, 0.25) is 5.91 Å². The van der Waals surface area contributed by atoms with Gasteiger partial charge in [-0.15, -0.1) is 0 Å². The van der Waals surface area contributed by atoms with Gasteiger partial charge in [0.25, 0.3) is 0 Å². The van der Waals surface area contributed by atoms with Crippen LogP contribution in [0.2, 0.25) is 0 Å². The Balaban J connectivity index is 1.95. The summed E-state index contributed by atoms with van der Waals surface area (Å²) in [5, 5.41) is 3.08. The molecular formula is C16H23FN2O. The molecule has 2 atom stereocenters. The molecule has 1 amide bonds. The van der Waals surface area contributed by atoms with Gasteiger partial charge in [-0.1, -0.05) is 19.1 Å². The van der Waals surface area contributed by atoms with Crippen LogP contribution in [0.15, 0.2) is 24.3 Å². The van der Waals surface area contributed by atoms with E-state index in [9.17, 15) is 9.18 Å². The molecule has 1 aliphatic carbocycles. The molecule has 0 heterocycles. The second-order valence-electron chi connectivity index (χ2n) is 6.12. The fourth-order valence-corrected chi connectivity index (χ4v) is 2.56. The number of rotatable bonds is 6. The van der Waals surface area contributed by atoms with Gasteiger partial charge in [0.05, 0.1) is 5.54 Å². The van der Waals surface area contributed by atoms with Gasteiger partial charge in [0.15, 0.2) is 0 Å². The maximum absolute atomic E-state index is 13.1. The lowest BCUT2D eigenvalue weighted by molar-refractivity contribution is -0.126. The Kier molecular flexibility index (Phi) is 4.43. The van der Waals surface area contributed by atoms with Crippen molar-refractivity contribution in [2.75, 3.05) is 6.54 Å². The minimum absolute atomic E-state index is 0.00545. The number of benzene rings is 1. The summed E-state index contributed by atoms with van der Waals surface area (Å²) in [5.41, 5.74) is 6.35. The second kappa shape index (κ2) is 5.92. The first-order valence-electron chi connectivity index (χ1n) is 7.21. The quantitative estimate of drug-likeness (QED) is 0.838. The summed E-state index contributed by atoms with van der Waals surface area (Å²) in [6.07, 6.45) is 2.80. The second-order valence-corrected chi connectivity index (χ2v) is 6.12. The fraction of sp³-hybridized carbons (Fsp3) is 0.562. The van der Waals surface area contributed by atoms with E-state index in [0.717, 1.165) is 18.4 Å². The summed E-state index contributed by atoms with van der Waals surface area (Å²) in [6.45, 7) is 4.33. The number of halogens is 1. The normalized spacial score (nSPS) is 19.2. The van der Waals surface area contributed by atoms with Gasteiger partial charge >= 0.3 is 0 Å². The standard InChI is InChI=1S/C16H23FN2O/c1-11(8-12-4-3-5-14(17)9-12)15(20)19-16(2,10-18)13-6-7-13/h3-5,9,11,13H,6-8,10,18H2,1-2H3,(H,19,20). The minimum Gasteiger partial charge on any atom is -0.349 e. The topological polar surface area (TPSA) is 55.1 Å². The molecule has 110 valence electrons. The Bertz CT molecular complexity index is 487. The van der Waals surface area contributed by atoms with E-state index in [0.29, 0.717) is 18.9 Å². The highest BCUT2D eigenvalue weighted by Gasteiger charge is 2.41. The lowest BCUT2D eigenvalue weighted by atomic mass is 9.93. The summed E-state index contributed by atoms with van der Waals surface area (Å²) in [4.78, 5) is 12.3. The molecule has 1 aliphatic rings. The molecule has 4 heteroatoms.